The average molecular weight is 367 g/mol. The fourth-order valence-corrected chi connectivity index (χ4v) is 3.82. The highest BCUT2D eigenvalue weighted by Crippen LogP contribution is 2.33. The number of nitrogens with one attached hydrogen (secondary N) is 1. The summed E-state index contributed by atoms with van der Waals surface area (Å²) in [4.78, 5) is 22.7. The second-order valence-electron chi connectivity index (χ2n) is 7.07. The highest BCUT2D eigenvalue weighted by Gasteiger charge is 2.24. The molecule has 1 aliphatic carbocycles. The molecule has 0 aliphatic heterocycles. The number of nitrogens with zero attached hydrogens (tertiary/aromatic N) is 2. The molecule has 0 aromatic carbocycles. The summed E-state index contributed by atoms with van der Waals surface area (Å²) >= 11 is 0. The van der Waals surface area contributed by atoms with Crippen molar-refractivity contribution in [2.45, 2.75) is 50.9 Å². The Bertz CT molecular complexity index is 879. The molecule has 0 radical (unpaired) electrons. The second kappa shape index (κ2) is 8.39. The van der Waals surface area contributed by atoms with Gasteiger partial charge in [0.05, 0.1) is 18.4 Å². The summed E-state index contributed by atoms with van der Waals surface area (Å²) in [6, 6.07) is 9.65. The van der Waals surface area contributed by atoms with Crippen LogP contribution in [-0.4, -0.2) is 21.9 Å². The summed E-state index contributed by atoms with van der Waals surface area (Å²) in [6.45, 7) is 0.424. The summed E-state index contributed by atoms with van der Waals surface area (Å²) in [5.41, 5.74) is 3.80. The minimum absolute atomic E-state index is 0.293. The molecule has 0 unspecified atom stereocenters. The zero-order valence-electron chi connectivity index (χ0n) is 15.4. The summed E-state index contributed by atoms with van der Waals surface area (Å²) in [7, 11) is 0. The molecule has 1 fully saturated rings. The number of hydrogen-bond acceptors (Lipinski definition) is 4. The quantitative estimate of drug-likeness (QED) is 0.500. The van der Waals surface area contributed by atoms with Crippen LogP contribution < -0.4 is 5.48 Å². The van der Waals surface area contributed by atoms with E-state index in [0.29, 0.717) is 18.2 Å². The average Bonchev–Trinajstić information content (AvgIpc) is 3.36. The van der Waals surface area contributed by atoms with Crippen molar-refractivity contribution in [3.63, 3.8) is 0 Å². The first-order valence-corrected chi connectivity index (χ1v) is 9.74. The lowest BCUT2D eigenvalue weighted by Crippen LogP contribution is -2.25. The van der Waals surface area contributed by atoms with Crippen molar-refractivity contribution >= 4 is 11.4 Å². The van der Waals surface area contributed by atoms with Crippen LogP contribution in [0.1, 0.15) is 66.5 Å². The number of rotatable bonds is 7. The molecule has 0 saturated heterocycles. The van der Waals surface area contributed by atoms with Crippen molar-refractivity contribution in [3.8, 4) is 0 Å². The topological polar surface area (TPSA) is 68.8 Å². The Morgan fingerprint density at radius 1 is 1.22 bits per heavy atom. The molecular formula is C21H25N3O3. The Morgan fingerprint density at radius 3 is 2.93 bits per heavy atom. The molecule has 6 nitrogen and oxygen atoms in total. The van der Waals surface area contributed by atoms with E-state index in [1.165, 1.54) is 19.3 Å². The third-order valence-corrected chi connectivity index (χ3v) is 5.18. The van der Waals surface area contributed by atoms with E-state index < -0.39 is 0 Å². The van der Waals surface area contributed by atoms with E-state index in [-0.39, 0.29) is 5.91 Å². The van der Waals surface area contributed by atoms with Gasteiger partial charge in [0.25, 0.3) is 5.91 Å². The van der Waals surface area contributed by atoms with Gasteiger partial charge in [-0.1, -0.05) is 25.3 Å². The summed E-state index contributed by atoms with van der Waals surface area (Å²) in [5, 5.41) is 0. The van der Waals surface area contributed by atoms with Crippen LogP contribution in [0.25, 0.3) is 5.52 Å². The van der Waals surface area contributed by atoms with Gasteiger partial charge >= 0.3 is 0 Å². The number of pyridine rings is 1. The monoisotopic (exact) mass is 367 g/mol. The number of amides is 1. The number of carbonyl (C=O) groups is 1. The zero-order valence-corrected chi connectivity index (χ0v) is 15.4. The molecular weight excluding hydrogens is 342 g/mol. The smallest absolute Gasteiger partial charge is 0.295 e. The van der Waals surface area contributed by atoms with Crippen LogP contribution in [0.5, 0.6) is 0 Å². The third-order valence-electron chi connectivity index (χ3n) is 5.18. The lowest BCUT2D eigenvalue weighted by Gasteiger charge is -2.20. The fourth-order valence-electron chi connectivity index (χ4n) is 3.82. The van der Waals surface area contributed by atoms with Crippen molar-refractivity contribution < 1.29 is 14.0 Å². The summed E-state index contributed by atoms with van der Waals surface area (Å²) in [5.74, 6) is 2.04. The number of aryl methyl sites for hydroxylation is 1. The van der Waals surface area contributed by atoms with Crippen LogP contribution >= 0.6 is 0 Å². The first-order chi connectivity index (χ1) is 13.3. The van der Waals surface area contributed by atoms with E-state index in [1.54, 1.807) is 6.26 Å². The number of hydrogen-bond donors (Lipinski definition) is 1. The number of furan rings is 1. The van der Waals surface area contributed by atoms with Crippen molar-refractivity contribution in [2.24, 2.45) is 0 Å². The van der Waals surface area contributed by atoms with Gasteiger partial charge in [0.15, 0.2) is 5.69 Å². The van der Waals surface area contributed by atoms with Crippen molar-refractivity contribution in [3.05, 3.63) is 60.1 Å². The number of imidazole rings is 1. The SMILES string of the molecule is O=C(NOCCCc1ccco1)c1nc(C2CCCCC2)n2ccccc12. The largest absolute Gasteiger partial charge is 0.469 e. The van der Waals surface area contributed by atoms with Gasteiger partial charge in [0, 0.05) is 18.5 Å². The minimum atomic E-state index is -0.293. The molecule has 1 amide bonds. The molecule has 3 aromatic rings. The molecule has 0 bridgehead atoms. The predicted octanol–water partition coefficient (Wildman–Crippen LogP) is 4.27. The molecule has 1 saturated carbocycles. The molecule has 4 rings (SSSR count). The van der Waals surface area contributed by atoms with Crippen LogP contribution in [0.4, 0.5) is 0 Å². The molecule has 3 heterocycles. The van der Waals surface area contributed by atoms with Gasteiger partial charge < -0.3 is 8.82 Å². The first kappa shape index (κ1) is 17.8. The highest BCUT2D eigenvalue weighted by molar-refractivity contribution is 5.98. The van der Waals surface area contributed by atoms with E-state index in [0.717, 1.165) is 42.8 Å². The highest BCUT2D eigenvalue weighted by atomic mass is 16.6. The molecule has 6 heteroatoms. The van der Waals surface area contributed by atoms with Crippen LogP contribution in [0.3, 0.4) is 0 Å². The molecule has 1 aliphatic rings. The van der Waals surface area contributed by atoms with E-state index in [9.17, 15) is 4.79 Å². The number of hydroxylamine groups is 1. The lowest BCUT2D eigenvalue weighted by atomic mass is 9.89. The number of fused-ring (bicyclic) bond motifs is 1. The maximum Gasteiger partial charge on any atom is 0.295 e. The van der Waals surface area contributed by atoms with Crippen LogP contribution in [0.2, 0.25) is 0 Å². The zero-order chi connectivity index (χ0) is 18.5. The van der Waals surface area contributed by atoms with Crippen molar-refractivity contribution in [2.75, 3.05) is 6.61 Å². The van der Waals surface area contributed by atoms with Gasteiger partial charge in [-0.05, 0) is 43.5 Å². The predicted molar refractivity (Wildman–Crippen MR) is 101 cm³/mol. The molecule has 142 valence electrons. The normalized spacial score (nSPS) is 15.3. The third kappa shape index (κ3) is 4.06. The van der Waals surface area contributed by atoms with Gasteiger partial charge in [0.1, 0.15) is 11.6 Å². The van der Waals surface area contributed by atoms with E-state index in [2.05, 4.69) is 9.88 Å². The van der Waals surface area contributed by atoms with Crippen molar-refractivity contribution in [1.82, 2.24) is 14.9 Å². The first-order valence-electron chi connectivity index (χ1n) is 9.74. The molecule has 0 atom stereocenters. The van der Waals surface area contributed by atoms with Crippen LogP contribution in [0.15, 0.2) is 47.2 Å². The Morgan fingerprint density at radius 2 is 2.11 bits per heavy atom. The second-order valence-corrected chi connectivity index (χ2v) is 7.07. The van der Waals surface area contributed by atoms with Crippen molar-refractivity contribution in [1.29, 1.82) is 0 Å². The Hall–Kier alpha value is -2.60. The Balaban J connectivity index is 1.40. The van der Waals surface area contributed by atoms with E-state index in [4.69, 9.17) is 14.2 Å². The Labute approximate surface area is 158 Å². The van der Waals surface area contributed by atoms with Crippen LogP contribution in [-0.2, 0) is 11.3 Å². The Kier molecular flexibility index (Phi) is 5.53. The summed E-state index contributed by atoms with van der Waals surface area (Å²) < 4.78 is 7.34. The van der Waals surface area contributed by atoms with E-state index >= 15 is 0 Å². The van der Waals surface area contributed by atoms with E-state index in [1.807, 2.05) is 36.5 Å². The number of carbonyl (C=O) groups excluding carboxylic acids is 1. The summed E-state index contributed by atoms with van der Waals surface area (Å²) in [6.07, 6.45) is 11.2. The maximum absolute atomic E-state index is 12.6. The maximum atomic E-state index is 12.6. The van der Waals surface area contributed by atoms with Crippen LogP contribution in [0, 0.1) is 0 Å². The minimum Gasteiger partial charge on any atom is -0.469 e. The molecule has 0 spiro atoms. The van der Waals surface area contributed by atoms with Gasteiger partial charge in [-0.2, -0.15) is 0 Å². The molecule has 27 heavy (non-hydrogen) atoms. The van der Waals surface area contributed by atoms with Gasteiger partial charge in [-0.15, -0.1) is 0 Å². The molecule has 3 aromatic heterocycles. The van der Waals surface area contributed by atoms with Gasteiger partial charge in [-0.25, -0.2) is 10.5 Å². The standard InChI is InChI=1S/C21H25N3O3/c25-21(23-27-15-7-11-17-10-6-14-26-17)19-18-12-4-5-13-24(18)20(22-19)16-8-2-1-3-9-16/h4-6,10,12-14,16H,1-3,7-9,11,15H2,(H,23,25). The van der Waals surface area contributed by atoms with Gasteiger partial charge in [-0.3, -0.25) is 9.63 Å². The lowest BCUT2D eigenvalue weighted by molar-refractivity contribution is 0.0299. The number of aromatic nitrogens is 2. The van der Waals surface area contributed by atoms with Gasteiger partial charge in [0.2, 0.25) is 0 Å². The fraction of sp³-hybridized carbons (Fsp3) is 0.429. The molecule has 1 N–H and O–H groups in total.